The van der Waals surface area contributed by atoms with Gasteiger partial charge in [0, 0.05) is 22.5 Å². The van der Waals surface area contributed by atoms with Crippen LogP contribution in [0.2, 0.25) is 0 Å². The van der Waals surface area contributed by atoms with E-state index < -0.39 is 48.7 Å². The standard InChI is InChI=1S/C35H43F9O4S/c1-2-19-31(24-12-14-25(45)15-13-24)22-49-29-21-26(46)16-17-27(29)28(31)11-9-7-5-3-4-6-8-10-23(30(47)48)18-20-32(36,37)33(38,39)34(40,41)35(42,43)44/h12-17,21,23,28,45-46H,2-11,18-20,22H2,1H3,(H,47,48). The van der Waals surface area contributed by atoms with Crippen LogP contribution in [-0.2, 0) is 10.2 Å². The van der Waals surface area contributed by atoms with Crippen LogP contribution >= 0.6 is 11.8 Å². The summed E-state index contributed by atoms with van der Waals surface area (Å²) < 4.78 is 118. The minimum Gasteiger partial charge on any atom is -0.508 e. The number of carboxylic acid groups (broad SMARTS) is 1. The van der Waals surface area contributed by atoms with Gasteiger partial charge in [-0.15, -0.1) is 11.8 Å². The number of aliphatic carboxylic acids is 1. The van der Waals surface area contributed by atoms with E-state index in [-0.39, 0.29) is 35.7 Å². The van der Waals surface area contributed by atoms with Gasteiger partial charge >= 0.3 is 29.9 Å². The molecule has 3 N–H and O–H groups in total. The normalized spacial score (nSPS) is 19.4. The van der Waals surface area contributed by atoms with Gasteiger partial charge in [0.25, 0.3) is 0 Å². The lowest BCUT2D eigenvalue weighted by Gasteiger charge is -2.46. The van der Waals surface area contributed by atoms with Crippen LogP contribution in [0.1, 0.15) is 107 Å². The molecule has 0 spiro atoms. The molecule has 0 aromatic heterocycles. The molecule has 1 aliphatic rings. The highest BCUT2D eigenvalue weighted by molar-refractivity contribution is 7.99. The highest BCUT2D eigenvalue weighted by Gasteiger charge is 2.81. The van der Waals surface area contributed by atoms with Crippen LogP contribution in [0.4, 0.5) is 39.5 Å². The fourth-order valence-corrected chi connectivity index (χ4v) is 8.33. The first-order chi connectivity index (χ1) is 22.8. The Balaban J connectivity index is 1.50. The number of halogens is 9. The van der Waals surface area contributed by atoms with Gasteiger partial charge in [-0.05, 0) is 67.0 Å². The van der Waals surface area contributed by atoms with Crippen LogP contribution in [0.15, 0.2) is 47.4 Å². The maximum absolute atomic E-state index is 13.9. The predicted octanol–water partition coefficient (Wildman–Crippen LogP) is 11.5. The van der Waals surface area contributed by atoms with Gasteiger partial charge in [0.1, 0.15) is 11.5 Å². The van der Waals surface area contributed by atoms with E-state index in [0.29, 0.717) is 12.8 Å². The summed E-state index contributed by atoms with van der Waals surface area (Å²) in [5, 5.41) is 29.3. The third-order valence-corrected chi connectivity index (χ3v) is 10.9. The van der Waals surface area contributed by atoms with Crippen LogP contribution in [-0.4, -0.2) is 51.0 Å². The van der Waals surface area contributed by atoms with E-state index in [2.05, 4.69) is 6.92 Å². The smallest absolute Gasteiger partial charge is 0.460 e. The number of phenols is 2. The van der Waals surface area contributed by atoms with E-state index in [9.17, 15) is 59.6 Å². The molecule has 0 fully saturated rings. The summed E-state index contributed by atoms with van der Waals surface area (Å²) in [6.07, 6.45) is -2.80. The van der Waals surface area contributed by atoms with Crippen molar-refractivity contribution in [1.29, 1.82) is 0 Å². The third kappa shape index (κ3) is 9.32. The highest BCUT2D eigenvalue weighted by atomic mass is 32.2. The summed E-state index contributed by atoms with van der Waals surface area (Å²) in [7, 11) is 0. The summed E-state index contributed by atoms with van der Waals surface area (Å²) in [6, 6.07) is 12.8. The minimum absolute atomic E-state index is 0.170. The first-order valence-electron chi connectivity index (χ1n) is 16.5. The fourth-order valence-electron chi connectivity index (χ4n) is 6.82. The third-order valence-electron chi connectivity index (χ3n) is 9.57. The predicted molar refractivity (Wildman–Crippen MR) is 169 cm³/mol. The minimum atomic E-state index is -6.99. The second kappa shape index (κ2) is 16.5. The lowest BCUT2D eigenvalue weighted by Crippen LogP contribution is -2.60. The maximum atomic E-state index is 13.9. The molecule has 0 saturated heterocycles. The van der Waals surface area contributed by atoms with Crippen molar-refractivity contribution < 1.29 is 59.6 Å². The van der Waals surface area contributed by atoms with E-state index in [1.165, 1.54) is 5.56 Å². The van der Waals surface area contributed by atoms with Crippen molar-refractivity contribution in [2.75, 3.05) is 5.75 Å². The number of thioether (sulfide) groups is 1. The van der Waals surface area contributed by atoms with Gasteiger partial charge in [0.2, 0.25) is 0 Å². The lowest BCUT2D eigenvalue weighted by molar-refractivity contribution is -0.396. The van der Waals surface area contributed by atoms with Gasteiger partial charge in [0.15, 0.2) is 0 Å². The summed E-state index contributed by atoms with van der Waals surface area (Å²) in [5.74, 6) is -21.3. The molecule has 0 amide bonds. The molecule has 1 heterocycles. The molecule has 3 atom stereocenters. The van der Waals surface area contributed by atoms with Gasteiger partial charge < -0.3 is 15.3 Å². The molecule has 1 aliphatic heterocycles. The number of phenolic OH excluding ortho intramolecular Hbond substituents is 2. The van der Waals surface area contributed by atoms with Crippen molar-refractivity contribution in [3.8, 4) is 11.5 Å². The molecule has 0 radical (unpaired) electrons. The zero-order valence-electron chi connectivity index (χ0n) is 27.2. The van der Waals surface area contributed by atoms with E-state index in [1.54, 1.807) is 36.0 Å². The topological polar surface area (TPSA) is 77.8 Å². The average molecular weight is 731 g/mol. The molecular weight excluding hydrogens is 687 g/mol. The second-order valence-corrected chi connectivity index (χ2v) is 14.0. The number of rotatable bonds is 19. The van der Waals surface area contributed by atoms with Crippen LogP contribution in [0, 0.1) is 5.92 Å². The van der Waals surface area contributed by atoms with Crippen molar-refractivity contribution in [1.82, 2.24) is 0 Å². The Kier molecular flexibility index (Phi) is 13.7. The number of hydrogen-bond donors (Lipinski definition) is 3. The van der Waals surface area contributed by atoms with E-state index in [1.807, 2.05) is 18.2 Å². The molecule has 2 aromatic carbocycles. The summed E-state index contributed by atoms with van der Waals surface area (Å²) in [4.78, 5) is 12.5. The second-order valence-electron chi connectivity index (χ2n) is 13.0. The summed E-state index contributed by atoms with van der Waals surface area (Å²) in [6.45, 7) is 2.14. The Morgan fingerprint density at radius 1 is 0.816 bits per heavy atom. The van der Waals surface area contributed by atoms with Crippen molar-refractivity contribution in [3.63, 3.8) is 0 Å². The van der Waals surface area contributed by atoms with Gasteiger partial charge in [-0.3, -0.25) is 4.79 Å². The molecule has 0 aliphatic carbocycles. The van der Waals surface area contributed by atoms with Crippen molar-refractivity contribution in [3.05, 3.63) is 53.6 Å². The zero-order valence-corrected chi connectivity index (χ0v) is 28.0. The molecule has 276 valence electrons. The maximum Gasteiger partial charge on any atom is 0.460 e. The number of hydrogen-bond acceptors (Lipinski definition) is 4. The fraction of sp³-hybridized carbons (Fsp3) is 0.629. The highest BCUT2D eigenvalue weighted by Crippen LogP contribution is 2.56. The van der Waals surface area contributed by atoms with Crippen molar-refractivity contribution >= 4 is 17.7 Å². The summed E-state index contributed by atoms with van der Waals surface area (Å²) >= 11 is 1.72. The SMILES string of the molecule is CCCC1(c2ccc(O)cc2)CSc2cc(O)ccc2C1CCCCCCCCCC(CCC(F)(F)C(F)(F)C(F)(F)C(F)(F)F)C(=O)O. The molecular formula is C35H43F9O4S. The molecule has 3 rings (SSSR count). The van der Waals surface area contributed by atoms with Crippen LogP contribution in [0.3, 0.4) is 0 Å². The Hall–Kier alpha value is -2.77. The Morgan fingerprint density at radius 3 is 1.96 bits per heavy atom. The monoisotopic (exact) mass is 730 g/mol. The number of benzene rings is 2. The molecule has 14 heteroatoms. The molecule has 2 aromatic rings. The van der Waals surface area contributed by atoms with Crippen molar-refractivity contribution in [2.45, 2.75) is 131 Å². The number of unbranched alkanes of at least 4 members (excludes halogenated alkanes) is 6. The largest absolute Gasteiger partial charge is 0.508 e. The summed E-state index contributed by atoms with van der Waals surface area (Å²) in [5.41, 5.74) is 2.16. The molecule has 3 unspecified atom stereocenters. The Bertz CT molecular complexity index is 1370. The van der Waals surface area contributed by atoms with Gasteiger partial charge in [-0.25, -0.2) is 0 Å². The van der Waals surface area contributed by atoms with Crippen molar-refractivity contribution in [2.24, 2.45) is 5.92 Å². The van der Waals surface area contributed by atoms with Crippen LogP contribution < -0.4 is 0 Å². The number of fused-ring (bicyclic) bond motifs is 1. The van der Waals surface area contributed by atoms with Crippen LogP contribution in [0.5, 0.6) is 11.5 Å². The Labute approximate surface area is 284 Å². The van der Waals surface area contributed by atoms with E-state index in [4.69, 9.17) is 0 Å². The zero-order chi connectivity index (χ0) is 36.7. The quantitative estimate of drug-likeness (QED) is 0.0991. The van der Waals surface area contributed by atoms with Gasteiger partial charge in [-0.2, -0.15) is 39.5 Å². The van der Waals surface area contributed by atoms with Crippen LogP contribution in [0.25, 0.3) is 0 Å². The number of alkyl halides is 9. The Morgan fingerprint density at radius 2 is 1.39 bits per heavy atom. The molecule has 0 saturated carbocycles. The number of carboxylic acids is 1. The first kappa shape index (κ1) is 40.7. The molecule has 49 heavy (non-hydrogen) atoms. The van der Waals surface area contributed by atoms with Gasteiger partial charge in [-0.1, -0.05) is 76.5 Å². The van der Waals surface area contributed by atoms with E-state index in [0.717, 1.165) is 61.2 Å². The average Bonchev–Trinajstić information content (AvgIpc) is 3.01. The first-order valence-corrected chi connectivity index (χ1v) is 17.5. The van der Waals surface area contributed by atoms with Gasteiger partial charge in [0.05, 0.1) is 5.92 Å². The number of aromatic hydroxyl groups is 2. The number of carbonyl (C=O) groups is 1. The van der Waals surface area contributed by atoms with E-state index >= 15 is 0 Å². The lowest BCUT2D eigenvalue weighted by atomic mass is 9.64. The molecule has 0 bridgehead atoms. The molecule has 4 nitrogen and oxygen atoms in total.